The molecule has 2 aliphatic rings. The van der Waals surface area contributed by atoms with Crippen LogP contribution in [0.15, 0.2) is 66.9 Å². The van der Waals surface area contributed by atoms with Crippen LogP contribution in [0.3, 0.4) is 0 Å². The number of aliphatic hydroxyl groups excluding tert-OH is 1. The molecule has 192 valence electrons. The molecule has 1 aliphatic heterocycles. The van der Waals surface area contributed by atoms with E-state index in [0.717, 1.165) is 17.7 Å². The first-order chi connectivity index (χ1) is 17.5. The Morgan fingerprint density at radius 3 is 2.44 bits per heavy atom. The van der Waals surface area contributed by atoms with Crippen LogP contribution in [0.4, 0.5) is 8.78 Å². The van der Waals surface area contributed by atoms with Crippen molar-refractivity contribution in [3.8, 4) is 0 Å². The molecule has 3 N–H and O–H groups in total. The fraction of sp³-hybridized carbons (Fsp3) is 0.357. The van der Waals surface area contributed by atoms with Crippen molar-refractivity contribution in [1.82, 2.24) is 15.0 Å². The Morgan fingerprint density at radius 1 is 1.06 bits per heavy atom. The molecular weight excluding hydrogens is 480 g/mol. The van der Waals surface area contributed by atoms with Crippen LogP contribution in [0, 0.1) is 11.6 Å². The quantitative estimate of drug-likeness (QED) is 0.387. The largest absolute Gasteiger partial charge is 0.390 e. The van der Waals surface area contributed by atoms with Crippen LogP contribution in [-0.4, -0.2) is 28.3 Å². The summed E-state index contributed by atoms with van der Waals surface area (Å²) in [5.41, 5.74) is 2.51. The van der Waals surface area contributed by atoms with Crippen LogP contribution < -0.4 is 10.0 Å². The lowest BCUT2D eigenvalue weighted by Gasteiger charge is -2.26. The van der Waals surface area contributed by atoms with Crippen LogP contribution in [0.1, 0.15) is 65.3 Å². The van der Waals surface area contributed by atoms with E-state index in [-0.39, 0.29) is 12.5 Å². The highest BCUT2D eigenvalue weighted by Crippen LogP contribution is 2.27. The van der Waals surface area contributed by atoms with Crippen molar-refractivity contribution in [2.45, 2.75) is 57.2 Å². The van der Waals surface area contributed by atoms with E-state index in [1.54, 1.807) is 36.3 Å². The van der Waals surface area contributed by atoms with Gasteiger partial charge in [-0.2, -0.15) is 0 Å². The number of nitrogens with zero attached hydrogens (tertiary/aromatic N) is 1. The summed E-state index contributed by atoms with van der Waals surface area (Å²) in [6.07, 6.45) is 11.4. The number of aromatic nitrogens is 1. The number of halogens is 2. The smallest absolute Gasteiger partial charge is 0.252 e. The predicted octanol–water partition coefficient (Wildman–Crippen LogP) is 5.75. The highest BCUT2D eigenvalue weighted by molar-refractivity contribution is 7.96. The molecular formula is C28H33F2N3O2S. The molecule has 1 saturated carbocycles. The first-order valence-electron chi connectivity index (χ1n) is 12.1. The lowest BCUT2D eigenvalue weighted by atomic mass is 9.91. The summed E-state index contributed by atoms with van der Waals surface area (Å²) in [5, 5.41) is 11.2. The Morgan fingerprint density at radius 2 is 1.81 bits per heavy atom. The second-order valence-electron chi connectivity index (χ2n) is 8.69. The maximum absolute atomic E-state index is 13.7. The summed E-state index contributed by atoms with van der Waals surface area (Å²) in [7, 11) is 0. The zero-order valence-electron chi connectivity index (χ0n) is 20.4. The van der Waals surface area contributed by atoms with Gasteiger partial charge in [-0.05, 0) is 55.3 Å². The number of hydrogen-bond donors (Lipinski definition) is 3. The van der Waals surface area contributed by atoms with Crippen LogP contribution in [0.5, 0.6) is 0 Å². The number of amides is 1. The van der Waals surface area contributed by atoms with Crippen molar-refractivity contribution in [2.75, 3.05) is 6.26 Å². The summed E-state index contributed by atoms with van der Waals surface area (Å²) < 4.78 is 30.1. The van der Waals surface area contributed by atoms with Gasteiger partial charge in [-0.1, -0.05) is 61.5 Å². The molecule has 5 rings (SSSR count). The number of aliphatic hydroxyl groups is 1. The average Bonchev–Trinajstić information content (AvgIpc) is 2.91. The highest BCUT2D eigenvalue weighted by atomic mass is 32.2. The summed E-state index contributed by atoms with van der Waals surface area (Å²) in [4.78, 5) is 15.8. The second-order valence-corrected chi connectivity index (χ2v) is 9.33. The number of carbonyl (C=O) groups is 1. The highest BCUT2D eigenvalue weighted by Gasteiger charge is 2.26. The minimum Gasteiger partial charge on any atom is -0.390 e. The van der Waals surface area contributed by atoms with Gasteiger partial charge in [0, 0.05) is 29.4 Å². The predicted molar refractivity (Wildman–Crippen MR) is 140 cm³/mol. The molecule has 0 saturated heterocycles. The molecule has 1 amide bonds. The fourth-order valence-electron chi connectivity index (χ4n) is 4.28. The van der Waals surface area contributed by atoms with Crippen molar-refractivity contribution in [3.63, 3.8) is 0 Å². The summed E-state index contributed by atoms with van der Waals surface area (Å²) in [6.45, 7) is 0.0286. The van der Waals surface area contributed by atoms with E-state index < -0.39 is 17.7 Å². The van der Waals surface area contributed by atoms with E-state index >= 15 is 0 Å². The number of hydrogen-bond acceptors (Lipinski definition) is 5. The first kappa shape index (κ1) is 27.8. The Balaban J connectivity index is 0.000000176. The lowest BCUT2D eigenvalue weighted by molar-refractivity contribution is 0.0924. The SMILES string of the molecule is CSNC1CCCCC1.O=C1NC(c2ccc(F)cc2F)Cc2ccccc21.OCc1ccccn1. The molecule has 8 heteroatoms. The maximum atomic E-state index is 13.7. The third-order valence-electron chi connectivity index (χ3n) is 6.11. The van der Waals surface area contributed by atoms with E-state index in [1.807, 2.05) is 24.3 Å². The summed E-state index contributed by atoms with van der Waals surface area (Å²) >= 11 is 1.76. The van der Waals surface area contributed by atoms with Crippen molar-refractivity contribution in [1.29, 1.82) is 0 Å². The first-order valence-corrected chi connectivity index (χ1v) is 13.4. The minimum atomic E-state index is -0.635. The van der Waals surface area contributed by atoms with Gasteiger partial charge in [0.05, 0.1) is 18.3 Å². The van der Waals surface area contributed by atoms with Gasteiger partial charge in [0.2, 0.25) is 0 Å². The van der Waals surface area contributed by atoms with Gasteiger partial charge >= 0.3 is 0 Å². The van der Waals surface area contributed by atoms with Crippen LogP contribution in [0.25, 0.3) is 0 Å². The molecule has 0 bridgehead atoms. The number of fused-ring (bicyclic) bond motifs is 1. The molecule has 1 atom stereocenters. The van der Waals surface area contributed by atoms with Crippen molar-refractivity contribution in [2.24, 2.45) is 0 Å². The molecule has 36 heavy (non-hydrogen) atoms. The van der Waals surface area contributed by atoms with Crippen LogP contribution >= 0.6 is 11.9 Å². The summed E-state index contributed by atoms with van der Waals surface area (Å²) in [5.74, 6) is -1.48. The van der Waals surface area contributed by atoms with Gasteiger partial charge in [0.15, 0.2) is 0 Å². The third-order valence-corrected chi connectivity index (χ3v) is 6.68. The van der Waals surface area contributed by atoms with Gasteiger partial charge < -0.3 is 10.4 Å². The summed E-state index contributed by atoms with van der Waals surface area (Å²) in [6, 6.07) is 16.4. The molecule has 0 spiro atoms. The standard InChI is InChI=1S/C15H11F2NO.C7H15NS.C6H7NO/c16-10-5-6-12(13(17)8-10)14-7-9-3-1-2-4-11(9)15(19)18-14;1-9-8-7-5-3-2-4-6-7;8-5-6-3-1-2-4-7-6/h1-6,8,14H,7H2,(H,18,19);7-8H,2-6H2,1H3;1-4,8H,5H2. The van der Waals surface area contributed by atoms with Crippen LogP contribution in [0.2, 0.25) is 0 Å². The molecule has 1 aliphatic carbocycles. The Hall–Kier alpha value is -2.81. The van der Waals surface area contributed by atoms with E-state index in [0.29, 0.717) is 23.2 Å². The average molecular weight is 514 g/mol. The van der Waals surface area contributed by atoms with E-state index in [4.69, 9.17) is 5.11 Å². The van der Waals surface area contributed by atoms with E-state index in [2.05, 4.69) is 21.3 Å². The number of rotatable bonds is 4. The topological polar surface area (TPSA) is 74.2 Å². The molecule has 1 aromatic heterocycles. The minimum absolute atomic E-state index is 0.0286. The molecule has 1 unspecified atom stereocenters. The Labute approximate surface area is 215 Å². The zero-order valence-corrected chi connectivity index (χ0v) is 21.2. The van der Waals surface area contributed by atoms with Gasteiger partial charge in [-0.3, -0.25) is 14.5 Å². The third kappa shape index (κ3) is 8.40. The monoisotopic (exact) mass is 513 g/mol. The zero-order chi connectivity index (χ0) is 25.8. The van der Waals surface area contributed by atoms with Crippen molar-refractivity contribution in [3.05, 3.63) is 101 Å². The molecule has 2 heterocycles. The van der Waals surface area contributed by atoms with Crippen molar-refractivity contribution >= 4 is 17.9 Å². The number of nitrogens with one attached hydrogen (secondary N) is 2. The normalized spacial score (nSPS) is 17.0. The van der Waals surface area contributed by atoms with Crippen LogP contribution in [-0.2, 0) is 13.0 Å². The molecule has 1 fully saturated rings. The van der Waals surface area contributed by atoms with Gasteiger partial charge in [-0.15, -0.1) is 0 Å². The van der Waals surface area contributed by atoms with Gasteiger partial charge in [-0.25, -0.2) is 8.78 Å². The Kier molecular flexibility index (Phi) is 11.3. The second kappa shape index (κ2) is 14.7. The molecule has 5 nitrogen and oxygen atoms in total. The number of pyridine rings is 1. The van der Waals surface area contributed by atoms with E-state index in [1.165, 1.54) is 44.2 Å². The van der Waals surface area contributed by atoms with Gasteiger partial charge in [0.1, 0.15) is 11.6 Å². The molecule has 3 aromatic rings. The number of benzene rings is 2. The fourth-order valence-corrected chi connectivity index (χ4v) is 4.85. The van der Waals surface area contributed by atoms with E-state index in [9.17, 15) is 13.6 Å². The van der Waals surface area contributed by atoms with Crippen molar-refractivity contribution < 1.29 is 18.7 Å². The molecule has 0 radical (unpaired) electrons. The number of carbonyl (C=O) groups excluding carboxylic acids is 1. The maximum Gasteiger partial charge on any atom is 0.252 e. The van der Waals surface area contributed by atoms with Gasteiger partial charge in [0.25, 0.3) is 5.91 Å². The lowest BCUT2D eigenvalue weighted by Crippen LogP contribution is -2.35. The Bertz CT molecular complexity index is 1090. The molecule has 2 aromatic carbocycles.